The summed E-state index contributed by atoms with van der Waals surface area (Å²) in [6.07, 6.45) is 0. The molecule has 0 unspecified atom stereocenters. The van der Waals surface area contributed by atoms with Gasteiger partial charge in [-0.15, -0.1) is 0 Å². The normalized spacial score (nSPS) is 17.6. The van der Waals surface area contributed by atoms with E-state index in [0.29, 0.717) is 36.6 Å². The fourth-order valence-corrected chi connectivity index (χ4v) is 4.41. The van der Waals surface area contributed by atoms with Gasteiger partial charge in [-0.2, -0.15) is 0 Å². The van der Waals surface area contributed by atoms with E-state index in [1.807, 2.05) is 54.6 Å². The van der Waals surface area contributed by atoms with Gasteiger partial charge in [-0.1, -0.05) is 60.7 Å². The highest BCUT2D eigenvalue weighted by molar-refractivity contribution is 5.48. The predicted molar refractivity (Wildman–Crippen MR) is 119 cm³/mol. The molecule has 1 aliphatic rings. The summed E-state index contributed by atoms with van der Waals surface area (Å²) in [7, 11) is 1.60. The van der Waals surface area contributed by atoms with E-state index in [1.165, 1.54) is 12.1 Å². The van der Waals surface area contributed by atoms with Gasteiger partial charge in [0.25, 0.3) is 0 Å². The molecule has 4 rings (SSSR count). The number of morpholine rings is 1. The highest BCUT2D eigenvalue weighted by atomic mass is 19.1. The maximum atomic E-state index is 13.8. The number of rotatable bonds is 7. The van der Waals surface area contributed by atoms with Crippen LogP contribution in [0.5, 0.6) is 5.75 Å². The van der Waals surface area contributed by atoms with Gasteiger partial charge in [0.05, 0.1) is 20.3 Å². The molecule has 0 amide bonds. The largest absolute Gasteiger partial charge is 0.496 e. The molecule has 3 aromatic rings. The molecule has 1 N–H and O–H groups in total. The molecule has 31 heavy (non-hydrogen) atoms. The van der Waals surface area contributed by atoms with E-state index >= 15 is 0 Å². The Bertz CT molecular complexity index is 973. The Balaban J connectivity index is 1.90. The molecule has 0 aliphatic carbocycles. The van der Waals surface area contributed by atoms with Crippen molar-refractivity contribution >= 4 is 0 Å². The Labute approximate surface area is 182 Å². The minimum Gasteiger partial charge on any atom is -0.496 e. The first-order valence-corrected chi connectivity index (χ1v) is 10.6. The molecule has 4 nitrogen and oxygen atoms in total. The molecule has 1 saturated heterocycles. The van der Waals surface area contributed by atoms with E-state index in [0.717, 1.165) is 18.7 Å². The van der Waals surface area contributed by atoms with Crippen LogP contribution in [0, 0.1) is 5.82 Å². The van der Waals surface area contributed by atoms with Crippen molar-refractivity contribution in [2.24, 2.45) is 0 Å². The van der Waals surface area contributed by atoms with Gasteiger partial charge in [0.2, 0.25) is 0 Å². The van der Waals surface area contributed by atoms with E-state index < -0.39 is 5.60 Å². The van der Waals surface area contributed by atoms with Crippen LogP contribution >= 0.6 is 0 Å². The van der Waals surface area contributed by atoms with Gasteiger partial charge in [-0.25, -0.2) is 4.39 Å². The number of halogens is 1. The summed E-state index contributed by atoms with van der Waals surface area (Å²) < 4.78 is 25.0. The molecule has 5 heteroatoms. The quantitative estimate of drug-likeness (QED) is 0.621. The van der Waals surface area contributed by atoms with Crippen LogP contribution in [-0.2, 0) is 10.3 Å². The van der Waals surface area contributed by atoms with Crippen molar-refractivity contribution in [2.45, 2.75) is 11.5 Å². The average Bonchev–Trinajstić information content (AvgIpc) is 2.83. The third kappa shape index (κ3) is 4.49. The van der Waals surface area contributed by atoms with Gasteiger partial charge >= 0.3 is 0 Å². The van der Waals surface area contributed by atoms with Crippen molar-refractivity contribution in [3.05, 3.63) is 101 Å². The molecule has 1 heterocycles. The van der Waals surface area contributed by atoms with Crippen LogP contribution in [0.1, 0.15) is 22.6 Å². The lowest BCUT2D eigenvalue weighted by Gasteiger charge is -2.41. The Morgan fingerprint density at radius 2 is 1.61 bits per heavy atom. The number of para-hydroxylation sites is 1. The van der Waals surface area contributed by atoms with Crippen LogP contribution in [0.3, 0.4) is 0 Å². The van der Waals surface area contributed by atoms with Gasteiger partial charge in [-0.3, -0.25) is 4.90 Å². The highest BCUT2D eigenvalue weighted by Crippen LogP contribution is 2.46. The first-order chi connectivity index (χ1) is 15.1. The lowest BCUT2D eigenvalue weighted by molar-refractivity contribution is -0.000159. The van der Waals surface area contributed by atoms with E-state index in [2.05, 4.69) is 4.90 Å². The zero-order valence-corrected chi connectivity index (χ0v) is 17.7. The van der Waals surface area contributed by atoms with Crippen LogP contribution in [0.2, 0.25) is 0 Å². The third-order valence-electron chi connectivity index (χ3n) is 6.05. The molecule has 0 saturated carbocycles. The number of nitrogens with zero attached hydrogens (tertiary/aromatic N) is 1. The number of benzene rings is 3. The number of methoxy groups -OCH3 is 1. The van der Waals surface area contributed by atoms with Gasteiger partial charge < -0.3 is 14.6 Å². The maximum Gasteiger partial charge on any atom is 0.126 e. The summed E-state index contributed by atoms with van der Waals surface area (Å²) in [4.78, 5) is 2.31. The smallest absolute Gasteiger partial charge is 0.126 e. The molecule has 0 bridgehead atoms. The summed E-state index contributed by atoms with van der Waals surface area (Å²) in [6, 6.07) is 23.6. The topological polar surface area (TPSA) is 41.9 Å². The van der Waals surface area contributed by atoms with Crippen molar-refractivity contribution in [1.29, 1.82) is 0 Å². The lowest BCUT2D eigenvalue weighted by Crippen LogP contribution is -2.45. The Morgan fingerprint density at radius 3 is 2.29 bits per heavy atom. The van der Waals surface area contributed by atoms with Crippen LogP contribution in [0.25, 0.3) is 0 Å². The number of hydrogen-bond donors (Lipinski definition) is 1. The summed E-state index contributed by atoms with van der Waals surface area (Å²) in [5.41, 5.74) is 0.860. The molecule has 162 valence electrons. The Kier molecular flexibility index (Phi) is 6.66. The van der Waals surface area contributed by atoms with E-state index in [4.69, 9.17) is 9.47 Å². The van der Waals surface area contributed by atoms with Crippen molar-refractivity contribution in [3.8, 4) is 5.75 Å². The molecular weight excluding hydrogens is 393 g/mol. The van der Waals surface area contributed by atoms with Crippen LogP contribution < -0.4 is 4.74 Å². The molecule has 0 aromatic heterocycles. The molecule has 1 fully saturated rings. The standard InChI is InChI=1S/C26H28FNO3/c1-30-25-10-6-5-9-23(25)26(29,21-11-13-22(27)14-12-21)24(20-7-3-2-4-8-20)19-28-15-17-31-18-16-28/h2-14,24,29H,15-19H2,1H3/t24-,26+/m1/s1. The van der Waals surface area contributed by atoms with Gasteiger partial charge in [0.15, 0.2) is 0 Å². The summed E-state index contributed by atoms with van der Waals surface area (Å²) in [6.45, 7) is 3.57. The SMILES string of the molecule is COc1ccccc1[C@@](O)(c1ccc(F)cc1)[C@H](CN1CCOCC1)c1ccccc1. The number of ether oxygens (including phenoxy) is 2. The number of aliphatic hydroxyl groups is 1. The maximum absolute atomic E-state index is 13.8. The Hall–Kier alpha value is -2.73. The first-order valence-electron chi connectivity index (χ1n) is 10.6. The van der Waals surface area contributed by atoms with Gasteiger partial charge in [0, 0.05) is 31.1 Å². The molecular formula is C26H28FNO3. The monoisotopic (exact) mass is 421 g/mol. The minimum atomic E-state index is -1.43. The third-order valence-corrected chi connectivity index (χ3v) is 6.05. The zero-order chi connectivity index (χ0) is 21.7. The van der Waals surface area contributed by atoms with Gasteiger partial charge in [-0.05, 0) is 29.3 Å². The van der Waals surface area contributed by atoms with E-state index in [1.54, 1.807) is 19.2 Å². The summed E-state index contributed by atoms with van der Waals surface area (Å²) >= 11 is 0. The van der Waals surface area contributed by atoms with Crippen LogP contribution in [0.15, 0.2) is 78.9 Å². The minimum absolute atomic E-state index is 0.312. The van der Waals surface area contributed by atoms with E-state index in [-0.39, 0.29) is 11.7 Å². The predicted octanol–water partition coefficient (Wildman–Crippen LogP) is 4.19. The zero-order valence-electron chi connectivity index (χ0n) is 17.7. The van der Waals surface area contributed by atoms with Crippen molar-refractivity contribution in [3.63, 3.8) is 0 Å². The molecule has 0 radical (unpaired) electrons. The lowest BCUT2D eigenvalue weighted by atomic mass is 9.72. The summed E-state index contributed by atoms with van der Waals surface area (Å²) in [5, 5.41) is 12.5. The second-order valence-electron chi connectivity index (χ2n) is 7.85. The first kappa shape index (κ1) is 21.5. The van der Waals surface area contributed by atoms with Crippen molar-refractivity contribution in [2.75, 3.05) is 40.0 Å². The number of hydrogen-bond acceptors (Lipinski definition) is 4. The van der Waals surface area contributed by atoms with Gasteiger partial charge in [0.1, 0.15) is 17.2 Å². The molecule has 2 atom stereocenters. The molecule has 3 aromatic carbocycles. The van der Waals surface area contributed by atoms with Crippen molar-refractivity contribution < 1.29 is 19.0 Å². The van der Waals surface area contributed by atoms with E-state index in [9.17, 15) is 9.50 Å². The fraction of sp³-hybridized carbons (Fsp3) is 0.308. The average molecular weight is 422 g/mol. The second-order valence-corrected chi connectivity index (χ2v) is 7.85. The van der Waals surface area contributed by atoms with Crippen molar-refractivity contribution in [1.82, 2.24) is 4.90 Å². The van der Waals surface area contributed by atoms with Crippen LogP contribution in [-0.4, -0.2) is 50.0 Å². The Morgan fingerprint density at radius 1 is 0.968 bits per heavy atom. The summed E-state index contributed by atoms with van der Waals surface area (Å²) in [5.74, 6) is -0.0543. The fourth-order valence-electron chi connectivity index (χ4n) is 4.41. The van der Waals surface area contributed by atoms with Crippen LogP contribution in [0.4, 0.5) is 4.39 Å². The second kappa shape index (κ2) is 9.60. The molecule has 0 spiro atoms. The highest BCUT2D eigenvalue weighted by Gasteiger charge is 2.44. The molecule has 1 aliphatic heterocycles.